The summed E-state index contributed by atoms with van der Waals surface area (Å²) in [6.45, 7) is 4.11. The fourth-order valence-corrected chi connectivity index (χ4v) is 6.22. The third-order valence-corrected chi connectivity index (χ3v) is 7.59. The number of carbonyl (C=O) groups excluding carboxylic acids is 3. The number of hydrogen-bond donors (Lipinski definition) is 2. The molecule has 2 aliphatic carbocycles. The number of hydrogen-bond acceptors (Lipinski definition) is 5. The van der Waals surface area contributed by atoms with E-state index in [1.807, 2.05) is 74.5 Å². The smallest absolute Gasteiger partial charge is 0.475 e. The number of carboxylic acids is 1. The molecule has 2 amide bonds. The van der Waals surface area contributed by atoms with E-state index >= 15 is 0 Å². The van der Waals surface area contributed by atoms with Gasteiger partial charge in [0.1, 0.15) is 0 Å². The van der Waals surface area contributed by atoms with Crippen molar-refractivity contribution >= 4 is 34.7 Å². The van der Waals surface area contributed by atoms with Crippen molar-refractivity contribution in [2.24, 2.45) is 28.4 Å². The number of imide groups is 1. The molecule has 0 aromatic heterocycles. The Morgan fingerprint density at radius 1 is 0.865 bits per heavy atom. The SMILES string of the molecule is CC12C(=O)C(C)(C(c3ccccc3)=C1c1ccccc1)C1C(=O)N(CCN)C(=O)C12.O=C(O)C(F)(F)F. The van der Waals surface area contributed by atoms with Crippen LogP contribution in [0.2, 0.25) is 0 Å². The molecule has 7 nitrogen and oxygen atoms in total. The Balaban J connectivity index is 0.000000405. The molecule has 10 heteroatoms. The van der Waals surface area contributed by atoms with E-state index in [9.17, 15) is 27.6 Å². The number of nitrogens with zero attached hydrogens (tertiary/aromatic N) is 1. The lowest BCUT2D eigenvalue weighted by Crippen LogP contribution is -2.42. The number of aliphatic carboxylic acids is 1. The van der Waals surface area contributed by atoms with Gasteiger partial charge in [-0.15, -0.1) is 0 Å². The molecule has 37 heavy (non-hydrogen) atoms. The Labute approximate surface area is 210 Å². The first-order valence-electron chi connectivity index (χ1n) is 11.6. The summed E-state index contributed by atoms with van der Waals surface area (Å²) in [5.41, 5.74) is 7.16. The predicted molar refractivity (Wildman–Crippen MR) is 127 cm³/mol. The molecule has 2 aromatic carbocycles. The van der Waals surface area contributed by atoms with E-state index in [0.717, 1.165) is 22.3 Å². The van der Waals surface area contributed by atoms with Crippen LogP contribution >= 0.6 is 0 Å². The molecule has 3 N–H and O–H groups in total. The average molecular weight is 515 g/mol. The van der Waals surface area contributed by atoms with Crippen molar-refractivity contribution in [1.82, 2.24) is 4.90 Å². The maximum absolute atomic E-state index is 14.0. The van der Waals surface area contributed by atoms with Crippen molar-refractivity contribution in [3.05, 3.63) is 71.8 Å². The zero-order valence-electron chi connectivity index (χ0n) is 20.1. The summed E-state index contributed by atoms with van der Waals surface area (Å²) in [6, 6.07) is 19.5. The maximum atomic E-state index is 14.0. The van der Waals surface area contributed by atoms with Gasteiger partial charge >= 0.3 is 12.1 Å². The van der Waals surface area contributed by atoms with Crippen LogP contribution in [0.4, 0.5) is 13.2 Å². The molecule has 4 unspecified atom stereocenters. The highest BCUT2D eigenvalue weighted by atomic mass is 19.4. The summed E-state index contributed by atoms with van der Waals surface area (Å²) >= 11 is 0. The molecule has 2 aromatic rings. The second-order valence-corrected chi connectivity index (χ2v) is 9.59. The topological polar surface area (TPSA) is 118 Å². The zero-order chi connectivity index (χ0) is 27.3. The van der Waals surface area contributed by atoms with Crippen LogP contribution in [0.1, 0.15) is 25.0 Å². The van der Waals surface area contributed by atoms with Crippen LogP contribution in [-0.4, -0.2) is 52.8 Å². The van der Waals surface area contributed by atoms with Crippen molar-refractivity contribution in [3.63, 3.8) is 0 Å². The van der Waals surface area contributed by atoms with Gasteiger partial charge in [-0.3, -0.25) is 19.3 Å². The minimum atomic E-state index is -5.08. The first-order valence-corrected chi connectivity index (χ1v) is 11.6. The highest BCUT2D eigenvalue weighted by Gasteiger charge is 2.78. The van der Waals surface area contributed by atoms with Gasteiger partial charge in [0.15, 0.2) is 5.78 Å². The average Bonchev–Trinajstić information content (AvgIpc) is 3.30. The van der Waals surface area contributed by atoms with Crippen LogP contribution < -0.4 is 5.73 Å². The summed E-state index contributed by atoms with van der Waals surface area (Å²) in [7, 11) is 0. The van der Waals surface area contributed by atoms with Crippen molar-refractivity contribution in [3.8, 4) is 0 Å². The van der Waals surface area contributed by atoms with E-state index in [4.69, 9.17) is 15.6 Å². The maximum Gasteiger partial charge on any atom is 0.490 e. The van der Waals surface area contributed by atoms with Crippen LogP contribution in [0.15, 0.2) is 60.7 Å². The van der Waals surface area contributed by atoms with E-state index in [2.05, 4.69) is 0 Å². The van der Waals surface area contributed by atoms with Gasteiger partial charge < -0.3 is 10.8 Å². The Morgan fingerprint density at radius 2 is 1.22 bits per heavy atom. The van der Waals surface area contributed by atoms with Gasteiger partial charge in [0.25, 0.3) is 0 Å². The first-order chi connectivity index (χ1) is 17.3. The molecule has 1 heterocycles. The van der Waals surface area contributed by atoms with Crippen molar-refractivity contribution < 1.29 is 37.5 Å². The van der Waals surface area contributed by atoms with Crippen molar-refractivity contribution in [2.45, 2.75) is 20.0 Å². The lowest BCUT2D eigenvalue weighted by Gasteiger charge is -2.35. The van der Waals surface area contributed by atoms with Crippen LogP contribution in [0, 0.1) is 22.7 Å². The van der Waals surface area contributed by atoms with Crippen LogP contribution in [0.3, 0.4) is 0 Å². The lowest BCUT2D eigenvalue weighted by atomic mass is 9.63. The number of carboxylic acid groups (broad SMARTS) is 1. The van der Waals surface area contributed by atoms with E-state index in [0.29, 0.717) is 0 Å². The highest BCUT2D eigenvalue weighted by Crippen LogP contribution is 2.73. The largest absolute Gasteiger partial charge is 0.490 e. The normalized spacial score (nSPS) is 28.4. The van der Waals surface area contributed by atoms with Gasteiger partial charge in [0.2, 0.25) is 11.8 Å². The second kappa shape index (κ2) is 8.95. The molecule has 1 aliphatic heterocycles. The molecule has 4 atom stereocenters. The number of rotatable bonds is 4. The standard InChI is InChI=1S/C25H24N2O3.C2HF3O2/c1-24-17(15-9-5-3-6-10-15)18(16-11-7-4-8-12-16)25(2,23(24)30)20-19(24)21(28)27(14-13-26)22(20)29;3-2(4,5)1(6)7/h3-12,19-20H,13-14,26H2,1-2H3;(H,6,7). The fourth-order valence-electron chi connectivity index (χ4n) is 6.22. The highest BCUT2D eigenvalue weighted by molar-refractivity contribution is 6.29. The minimum absolute atomic E-state index is 0.0307. The Hall–Kier alpha value is -3.79. The third-order valence-electron chi connectivity index (χ3n) is 7.59. The summed E-state index contributed by atoms with van der Waals surface area (Å²) in [5, 5.41) is 7.12. The van der Waals surface area contributed by atoms with Crippen LogP contribution in [0.5, 0.6) is 0 Å². The summed E-state index contributed by atoms with van der Waals surface area (Å²) in [6.07, 6.45) is -5.08. The number of fused-ring (bicyclic) bond motifs is 5. The molecule has 5 rings (SSSR count). The minimum Gasteiger partial charge on any atom is -0.475 e. The van der Waals surface area contributed by atoms with E-state index in [-0.39, 0.29) is 30.7 Å². The molecule has 0 spiro atoms. The Bertz CT molecular complexity index is 1220. The number of amides is 2. The summed E-state index contributed by atoms with van der Waals surface area (Å²) < 4.78 is 31.7. The van der Waals surface area contributed by atoms with Crippen molar-refractivity contribution in [1.29, 1.82) is 0 Å². The molecule has 2 fully saturated rings. The van der Waals surface area contributed by atoms with Gasteiger partial charge in [-0.05, 0) is 36.1 Å². The van der Waals surface area contributed by atoms with Crippen LogP contribution in [-0.2, 0) is 19.2 Å². The van der Waals surface area contributed by atoms with Gasteiger partial charge in [0, 0.05) is 13.1 Å². The molecule has 1 saturated carbocycles. The molecule has 2 bridgehead atoms. The number of Topliss-reactive ketones (excluding diaryl/α,β-unsaturated/α-hetero) is 1. The number of nitrogens with two attached hydrogens (primary N) is 1. The quantitative estimate of drug-likeness (QED) is 0.604. The summed E-state index contributed by atoms with van der Waals surface area (Å²) in [5.74, 6) is -4.69. The van der Waals surface area contributed by atoms with E-state index in [1.165, 1.54) is 4.90 Å². The first kappa shape index (κ1) is 26.3. The van der Waals surface area contributed by atoms with Crippen LogP contribution in [0.25, 0.3) is 11.1 Å². The van der Waals surface area contributed by atoms with Gasteiger partial charge in [-0.25, -0.2) is 4.79 Å². The predicted octanol–water partition coefficient (Wildman–Crippen LogP) is 3.40. The Kier molecular flexibility index (Phi) is 6.36. The number of carbonyl (C=O) groups is 4. The van der Waals surface area contributed by atoms with Gasteiger partial charge in [-0.1, -0.05) is 60.7 Å². The number of halogens is 3. The second-order valence-electron chi connectivity index (χ2n) is 9.59. The molecule has 0 radical (unpaired) electrons. The number of ketones is 1. The number of alkyl halides is 3. The number of benzene rings is 2. The third kappa shape index (κ3) is 3.69. The van der Waals surface area contributed by atoms with Gasteiger partial charge in [0.05, 0.1) is 22.7 Å². The van der Waals surface area contributed by atoms with Gasteiger partial charge in [-0.2, -0.15) is 13.2 Å². The summed E-state index contributed by atoms with van der Waals surface area (Å²) in [4.78, 5) is 50.9. The Morgan fingerprint density at radius 3 is 1.51 bits per heavy atom. The molecular weight excluding hydrogens is 489 g/mol. The fraction of sp³-hybridized carbons (Fsp3) is 0.333. The molecule has 1 saturated heterocycles. The number of allylic oxidation sites excluding steroid dienone is 2. The van der Waals surface area contributed by atoms with E-state index in [1.54, 1.807) is 0 Å². The monoisotopic (exact) mass is 514 g/mol. The molecular formula is C27H25F3N2O5. The van der Waals surface area contributed by atoms with Crippen molar-refractivity contribution in [2.75, 3.05) is 13.1 Å². The zero-order valence-corrected chi connectivity index (χ0v) is 20.1. The number of likely N-dealkylation sites (tertiary alicyclic amines) is 1. The molecule has 3 aliphatic rings. The van der Waals surface area contributed by atoms with E-state index < -0.39 is 34.8 Å². The lowest BCUT2D eigenvalue weighted by molar-refractivity contribution is -0.192. The molecule has 194 valence electrons.